The first-order chi connectivity index (χ1) is 18.2. The van der Waals surface area contributed by atoms with Crippen LogP contribution >= 0.6 is 0 Å². The fraction of sp³-hybridized carbons (Fsp3) is 0.323. The molecule has 5 rings (SSSR count). The van der Waals surface area contributed by atoms with Gasteiger partial charge in [-0.1, -0.05) is 43.3 Å². The van der Waals surface area contributed by atoms with E-state index in [2.05, 4.69) is 69.5 Å². The van der Waals surface area contributed by atoms with E-state index in [9.17, 15) is 4.79 Å². The average molecular weight is 494 g/mol. The average Bonchev–Trinajstić information content (AvgIpc) is 2.95. The summed E-state index contributed by atoms with van der Waals surface area (Å²) in [5, 5.41) is 4.06. The van der Waals surface area contributed by atoms with Gasteiger partial charge in [0.25, 0.3) is 5.91 Å². The standard InChI is InChI=1S/C31H35N5O/c1-3-23-10-11-24-8-7-17-34-29(24)28(23)30(25-12-14-26(15-13-25)31(37)32-4-2)36-20-18-35(19-21-36)22-27-9-5-6-16-33-27/h5-17,30H,3-4,18-22H2,1-2H3,(H,32,37). The predicted octanol–water partition coefficient (Wildman–Crippen LogP) is 4.85. The van der Waals surface area contributed by atoms with E-state index >= 15 is 0 Å². The van der Waals surface area contributed by atoms with Crippen molar-refractivity contribution in [2.45, 2.75) is 32.9 Å². The quantitative estimate of drug-likeness (QED) is 0.380. The van der Waals surface area contributed by atoms with E-state index in [4.69, 9.17) is 4.98 Å². The molecule has 3 heterocycles. The van der Waals surface area contributed by atoms with Gasteiger partial charge in [-0.2, -0.15) is 0 Å². The zero-order valence-electron chi connectivity index (χ0n) is 21.7. The molecule has 0 radical (unpaired) electrons. The van der Waals surface area contributed by atoms with E-state index in [1.54, 1.807) is 0 Å². The van der Waals surface area contributed by atoms with E-state index in [0.29, 0.717) is 12.1 Å². The minimum Gasteiger partial charge on any atom is -0.352 e. The summed E-state index contributed by atoms with van der Waals surface area (Å²) in [6, 6.07) is 22.9. The molecule has 2 aromatic heterocycles. The van der Waals surface area contributed by atoms with Gasteiger partial charge in [0.1, 0.15) is 0 Å². The Hall–Kier alpha value is -3.61. The highest BCUT2D eigenvalue weighted by atomic mass is 16.1. The molecule has 190 valence electrons. The summed E-state index contributed by atoms with van der Waals surface area (Å²) in [5.74, 6) is -0.0326. The van der Waals surface area contributed by atoms with E-state index in [-0.39, 0.29) is 11.9 Å². The molecule has 0 saturated carbocycles. The van der Waals surface area contributed by atoms with Gasteiger partial charge in [0.2, 0.25) is 0 Å². The second-order valence-corrected chi connectivity index (χ2v) is 9.58. The first kappa shape index (κ1) is 25.1. The molecular formula is C31H35N5O. The SMILES string of the molecule is CCNC(=O)c1ccc(C(c2c(CC)ccc3cccnc23)N2CCN(Cc3ccccn3)CC2)cc1. The number of carbonyl (C=O) groups excluding carboxylic acids is 1. The molecule has 0 bridgehead atoms. The Labute approximate surface area is 219 Å². The van der Waals surface area contributed by atoms with Crippen LogP contribution in [0, 0.1) is 0 Å². The molecule has 1 aliphatic rings. The number of aryl methyl sites for hydroxylation is 1. The molecule has 4 aromatic rings. The molecule has 37 heavy (non-hydrogen) atoms. The van der Waals surface area contributed by atoms with Gasteiger partial charge in [-0.3, -0.25) is 24.6 Å². The number of hydrogen-bond donors (Lipinski definition) is 1. The molecule has 1 N–H and O–H groups in total. The molecule has 1 saturated heterocycles. The minimum absolute atomic E-state index is 0.0326. The van der Waals surface area contributed by atoms with E-state index in [1.165, 1.54) is 16.7 Å². The molecule has 0 spiro atoms. The summed E-state index contributed by atoms with van der Waals surface area (Å²) in [6.45, 7) is 9.49. The Balaban J connectivity index is 1.50. The van der Waals surface area contributed by atoms with E-state index < -0.39 is 0 Å². The van der Waals surface area contributed by atoms with Gasteiger partial charge in [0.15, 0.2) is 0 Å². The van der Waals surface area contributed by atoms with Crippen LogP contribution in [0.5, 0.6) is 0 Å². The second-order valence-electron chi connectivity index (χ2n) is 9.58. The first-order valence-electron chi connectivity index (χ1n) is 13.3. The topological polar surface area (TPSA) is 61.4 Å². The summed E-state index contributed by atoms with van der Waals surface area (Å²) in [5.41, 5.74) is 6.66. The molecule has 2 aromatic carbocycles. The second kappa shape index (κ2) is 11.6. The van der Waals surface area contributed by atoms with Gasteiger partial charge in [0, 0.05) is 68.2 Å². The largest absolute Gasteiger partial charge is 0.352 e. The molecule has 1 atom stereocenters. The number of nitrogens with one attached hydrogen (secondary N) is 1. The lowest BCUT2D eigenvalue weighted by atomic mass is 9.89. The summed E-state index contributed by atoms with van der Waals surface area (Å²) in [4.78, 5) is 26.9. The smallest absolute Gasteiger partial charge is 0.251 e. The number of amides is 1. The van der Waals surface area contributed by atoms with Gasteiger partial charge >= 0.3 is 0 Å². The molecule has 1 aliphatic heterocycles. The number of fused-ring (bicyclic) bond motifs is 1. The lowest BCUT2D eigenvalue weighted by molar-refractivity contribution is 0.0955. The molecule has 1 fully saturated rings. The fourth-order valence-electron chi connectivity index (χ4n) is 5.36. The van der Waals surface area contributed by atoms with Crippen LogP contribution in [-0.4, -0.2) is 58.4 Å². The van der Waals surface area contributed by atoms with Gasteiger partial charge in [0.05, 0.1) is 17.3 Å². The Bertz CT molecular complexity index is 1330. The number of rotatable bonds is 8. The van der Waals surface area contributed by atoms with Crippen LogP contribution in [0.15, 0.2) is 79.1 Å². The minimum atomic E-state index is -0.0326. The Morgan fingerprint density at radius 1 is 0.892 bits per heavy atom. The van der Waals surface area contributed by atoms with Crippen LogP contribution in [0.25, 0.3) is 10.9 Å². The van der Waals surface area contributed by atoms with Crippen molar-refractivity contribution in [3.05, 3.63) is 107 Å². The lowest BCUT2D eigenvalue weighted by Crippen LogP contribution is -2.47. The molecular weight excluding hydrogens is 458 g/mol. The zero-order chi connectivity index (χ0) is 25.6. The summed E-state index contributed by atoms with van der Waals surface area (Å²) < 4.78 is 0. The highest BCUT2D eigenvalue weighted by molar-refractivity contribution is 5.94. The van der Waals surface area contributed by atoms with Crippen molar-refractivity contribution in [2.24, 2.45) is 0 Å². The molecule has 6 nitrogen and oxygen atoms in total. The van der Waals surface area contributed by atoms with Crippen LogP contribution in [-0.2, 0) is 13.0 Å². The Morgan fingerprint density at radius 2 is 1.68 bits per heavy atom. The van der Waals surface area contributed by atoms with Crippen LogP contribution in [0.4, 0.5) is 0 Å². The van der Waals surface area contributed by atoms with E-state index in [0.717, 1.165) is 55.7 Å². The van der Waals surface area contributed by atoms with Crippen LogP contribution < -0.4 is 5.32 Å². The van der Waals surface area contributed by atoms with Gasteiger partial charge in [-0.15, -0.1) is 0 Å². The molecule has 6 heteroatoms. The fourth-order valence-corrected chi connectivity index (χ4v) is 5.36. The number of aromatic nitrogens is 2. The van der Waals surface area contributed by atoms with Crippen LogP contribution in [0.1, 0.15) is 52.6 Å². The highest BCUT2D eigenvalue weighted by Crippen LogP contribution is 2.36. The van der Waals surface area contributed by atoms with Gasteiger partial charge in [-0.05, 0) is 54.8 Å². The van der Waals surface area contributed by atoms with Crippen molar-refractivity contribution in [2.75, 3.05) is 32.7 Å². The maximum atomic E-state index is 12.4. The molecule has 0 aliphatic carbocycles. The number of carbonyl (C=O) groups is 1. The number of nitrogens with zero attached hydrogens (tertiary/aromatic N) is 4. The van der Waals surface area contributed by atoms with Gasteiger partial charge in [-0.25, -0.2) is 0 Å². The third-order valence-corrected chi connectivity index (χ3v) is 7.27. The predicted molar refractivity (Wildman–Crippen MR) is 149 cm³/mol. The van der Waals surface area contributed by atoms with E-state index in [1.807, 2.05) is 43.6 Å². The molecule has 1 amide bonds. The summed E-state index contributed by atoms with van der Waals surface area (Å²) in [7, 11) is 0. The molecule has 1 unspecified atom stereocenters. The first-order valence-corrected chi connectivity index (χ1v) is 13.3. The number of pyridine rings is 2. The normalized spacial score (nSPS) is 15.5. The van der Waals surface area contributed by atoms with Crippen molar-refractivity contribution >= 4 is 16.8 Å². The zero-order valence-corrected chi connectivity index (χ0v) is 21.7. The number of piperazine rings is 1. The maximum absolute atomic E-state index is 12.4. The van der Waals surface area contributed by atoms with Crippen molar-refractivity contribution in [3.63, 3.8) is 0 Å². The number of benzene rings is 2. The third kappa shape index (κ3) is 5.55. The van der Waals surface area contributed by atoms with Gasteiger partial charge < -0.3 is 5.32 Å². The monoisotopic (exact) mass is 493 g/mol. The van der Waals surface area contributed by atoms with Crippen molar-refractivity contribution < 1.29 is 4.79 Å². The lowest BCUT2D eigenvalue weighted by Gasteiger charge is -2.40. The summed E-state index contributed by atoms with van der Waals surface area (Å²) in [6.07, 6.45) is 4.70. The van der Waals surface area contributed by atoms with Crippen LogP contribution in [0.3, 0.4) is 0 Å². The van der Waals surface area contributed by atoms with Crippen molar-refractivity contribution in [1.29, 1.82) is 0 Å². The third-order valence-electron chi connectivity index (χ3n) is 7.27. The van der Waals surface area contributed by atoms with Crippen molar-refractivity contribution in [1.82, 2.24) is 25.1 Å². The summed E-state index contributed by atoms with van der Waals surface area (Å²) >= 11 is 0. The van der Waals surface area contributed by atoms with Crippen LogP contribution in [0.2, 0.25) is 0 Å². The van der Waals surface area contributed by atoms with Crippen molar-refractivity contribution in [3.8, 4) is 0 Å². The highest BCUT2D eigenvalue weighted by Gasteiger charge is 2.30. The number of hydrogen-bond acceptors (Lipinski definition) is 5. The maximum Gasteiger partial charge on any atom is 0.251 e. The Kier molecular flexibility index (Phi) is 7.87. The Morgan fingerprint density at radius 3 is 2.38 bits per heavy atom.